The Balaban J connectivity index is 1.49. The van der Waals surface area contributed by atoms with Crippen molar-refractivity contribution < 1.29 is 43.0 Å². The van der Waals surface area contributed by atoms with E-state index in [2.05, 4.69) is 19.6 Å². The molecule has 0 heterocycles. The number of benzene rings is 4. The molecule has 0 unspecified atom stereocenters. The molecule has 0 aliphatic carbocycles. The highest BCUT2D eigenvalue weighted by Crippen LogP contribution is 2.69. The zero-order chi connectivity index (χ0) is 45.5. The first-order chi connectivity index (χ1) is 28.2. The van der Waals surface area contributed by atoms with Crippen LogP contribution < -0.4 is 0 Å². The van der Waals surface area contributed by atoms with Gasteiger partial charge in [0.05, 0.1) is 43.1 Å². The molecule has 0 bridgehead atoms. The maximum absolute atomic E-state index is 16.1. The largest absolute Gasteiger partial charge is 0.514 e. The van der Waals surface area contributed by atoms with Gasteiger partial charge in [0.1, 0.15) is 0 Å². The minimum absolute atomic E-state index is 0.0524. The van der Waals surface area contributed by atoms with Gasteiger partial charge in [-0.15, -0.1) is 8.42 Å². The average molecular weight is 969 g/mol. The zero-order valence-corrected chi connectivity index (χ0v) is 40.8. The molecule has 0 aromatic heterocycles. The highest BCUT2D eigenvalue weighted by molar-refractivity contribution is 9.10. The van der Waals surface area contributed by atoms with E-state index in [1.807, 2.05) is 98.7 Å². The lowest BCUT2D eigenvalue weighted by atomic mass is 9.87. The number of rotatable bonds is 19. The Kier molecular flexibility index (Phi) is 16.7. The summed E-state index contributed by atoms with van der Waals surface area (Å²) in [7, 11) is -13.0. The SMILES string of the molecule is CC(C)(C)c1ccc(S([OH+]S(=O)(=O)C(F)(F)C(=O)OCCCCCCCCCOS(=O)(=O)c2ccc(Br)cc2)(c2ccc(C(C)(C)C)cc2)c2ccc(C(C)(C)C)cc2)cc1. The molecule has 0 saturated heterocycles. The summed E-state index contributed by atoms with van der Waals surface area (Å²) in [6, 6.07) is 27.9. The van der Waals surface area contributed by atoms with E-state index >= 15 is 8.78 Å². The topological polar surface area (TPSA) is 117 Å². The number of carbonyl (C=O) groups is 1. The van der Waals surface area contributed by atoms with Crippen molar-refractivity contribution in [3.05, 3.63) is 118 Å². The van der Waals surface area contributed by atoms with E-state index in [1.54, 1.807) is 48.5 Å². The van der Waals surface area contributed by atoms with Crippen LogP contribution in [0.15, 0.2) is 121 Å². The van der Waals surface area contributed by atoms with Crippen molar-refractivity contribution in [2.75, 3.05) is 13.2 Å². The summed E-state index contributed by atoms with van der Waals surface area (Å²) in [6.45, 7) is 18.1. The Morgan fingerprint density at radius 3 is 1.21 bits per heavy atom. The van der Waals surface area contributed by atoms with Crippen LogP contribution in [0.5, 0.6) is 0 Å². The number of hydrogen-bond acceptors (Lipinski definition) is 7. The zero-order valence-electron chi connectivity index (χ0n) is 36.8. The fourth-order valence-corrected chi connectivity index (χ4v) is 12.9. The molecule has 14 heteroatoms. The lowest BCUT2D eigenvalue weighted by Crippen LogP contribution is -2.42. The number of carbonyl (C=O) groups excluding carboxylic acids is 1. The Morgan fingerprint density at radius 2 is 0.852 bits per heavy atom. The molecule has 0 radical (unpaired) electrons. The minimum Gasteiger partial charge on any atom is -0.460 e. The first kappa shape index (κ1) is 50.5. The van der Waals surface area contributed by atoms with E-state index in [0.29, 0.717) is 33.9 Å². The maximum Gasteiger partial charge on any atom is 0.514 e. The van der Waals surface area contributed by atoms with Gasteiger partial charge >= 0.3 is 21.3 Å². The number of unbranched alkanes of at least 4 members (excludes halogenated alkanes) is 6. The number of ether oxygens (including phenoxy) is 1. The van der Waals surface area contributed by atoms with Gasteiger partial charge in [0.15, 0.2) is 0 Å². The third-order valence-corrected chi connectivity index (χ3v) is 17.5. The van der Waals surface area contributed by atoms with Crippen molar-refractivity contribution in [3.63, 3.8) is 0 Å². The molecule has 0 aliphatic heterocycles. The molecule has 4 aromatic rings. The average Bonchev–Trinajstić information content (AvgIpc) is 3.18. The van der Waals surface area contributed by atoms with Gasteiger partial charge in [-0.25, -0.2) is 4.79 Å². The molecule has 0 aliphatic rings. The highest BCUT2D eigenvalue weighted by Gasteiger charge is 2.63. The Labute approximate surface area is 373 Å². The first-order valence-corrected chi connectivity index (χ1v) is 25.8. The van der Waals surface area contributed by atoms with E-state index < -0.39 is 41.8 Å². The quantitative estimate of drug-likeness (QED) is 0.0302. The van der Waals surface area contributed by atoms with Crippen LogP contribution in [-0.4, -0.2) is 44.9 Å². The van der Waals surface area contributed by atoms with Crippen molar-refractivity contribution in [2.24, 2.45) is 0 Å². The van der Waals surface area contributed by atoms with Crippen LogP contribution in [0.3, 0.4) is 0 Å². The Hall–Kier alpha value is -3.14. The van der Waals surface area contributed by atoms with Crippen molar-refractivity contribution >= 4 is 52.4 Å². The summed E-state index contributed by atoms with van der Waals surface area (Å²) >= 11 is 3.27. The van der Waals surface area contributed by atoms with Crippen LogP contribution >= 0.6 is 26.2 Å². The first-order valence-electron chi connectivity index (χ1n) is 20.6. The number of halogens is 3. The van der Waals surface area contributed by atoms with Crippen molar-refractivity contribution in [1.29, 1.82) is 0 Å². The fourth-order valence-electron chi connectivity index (χ4n) is 6.47. The van der Waals surface area contributed by atoms with Crippen LogP contribution in [0.1, 0.15) is 124 Å². The van der Waals surface area contributed by atoms with Gasteiger partial charge in [0.2, 0.25) is 0 Å². The Bertz CT molecular complexity index is 2140. The lowest BCUT2D eigenvalue weighted by molar-refractivity contribution is -0.161. The predicted octanol–water partition coefficient (Wildman–Crippen LogP) is 13.2. The van der Waals surface area contributed by atoms with Gasteiger partial charge in [0, 0.05) is 4.47 Å². The molecule has 0 atom stereocenters. The van der Waals surface area contributed by atoms with E-state index in [4.69, 9.17) is 8.92 Å². The van der Waals surface area contributed by atoms with E-state index in [1.165, 1.54) is 12.1 Å². The lowest BCUT2D eigenvalue weighted by Gasteiger charge is -2.36. The van der Waals surface area contributed by atoms with Gasteiger partial charge in [0.25, 0.3) is 10.1 Å². The molecule has 4 rings (SSSR count). The molecule has 4 aromatic carbocycles. The molecular formula is C47H62BrF2O8S3+. The monoisotopic (exact) mass is 967 g/mol. The van der Waals surface area contributed by atoms with Gasteiger partial charge < -0.3 is 4.74 Å². The maximum atomic E-state index is 16.1. The number of alkyl halides is 2. The molecule has 0 amide bonds. The molecule has 61 heavy (non-hydrogen) atoms. The second-order valence-corrected chi connectivity index (χ2v) is 25.5. The van der Waals surface area contributed by atoms with Gasteiger partial charge in [-0.1, -0.05) is 147 Å². The van der Waals surface area contributed by atoms with Gasteiger partial charge in [-0.3, -0.25) is 7.81 Å². The summed E-state index contributed by atoms with van der Waals surface area (Å²) in [4.78, 5) is 14.4. The van der Waals surface area contributed by atoms with Gasteiger partial charge in [-0.2, -0.15) is 17.2 Å². The van der Waals surface area contributed by atoms with Crippen LogP contribution in [0.4, 0.5) is 8.78 Å². The fraction of sp³-hybridized carbons (Fsp3) is 0.468. The smallest absolute Gasteiger partial charge is 0.460 e. The van der Waals surface area contributed by atoms with Crippen LogP contribution in [0, 0.1) is 0 Å². The number of esters is 1. The van der Waals surface area contributed by atoms with Gasteiger partial charge in [-0.05, 0) is 106 Å². The summed E-state index contributed by atoms with van der Waals surface area (Å²) in [5.41, 5.74) is 2.14. The Morgan fingerprint density at radius 1 is 0.525 bits per heavy atom. The molecule has 1 N–H and O–H groups in total. The van der Waals surface area contributed by atoms with Crippen molar-refractivity contribution in [2.45, 2.75) is 148 Å². The number of hydrogen-bond donors (Lipinski definition) is 0. The summed E-state index contributed by atoms with van der Waals surface area (Å²) in [6.07, 6.45) is 4.36. The second kappa shape index (κ2) is 20.1. The van der Waals surface area contributed by atoms with Crippen LogP contribution in [0.2, 0.25) is 0 Å². The molecule has 0 saturated carbocycles. The minimum atomic E-state index is -5.86. The second-order valence-electron chi connectivity index (χ2n) is 18.3. The highest BCUT2D eigenvalue weighted by atomic mass is 79.9. The standard InChI is InChI=1S/C47H61BrF2O8S3/c1-44(2,3)35-17-25-39(26-18-35)59(40-27-19-36(20-28-40)45(4,5)6,41-29-21-37(22-30-41)46(7,8)9)58-61(54,55)47(49,50)43(51)56-33-15-13-11-10-12-14-16-34-57-60(52,53)42-31-23-38(48)24-32-42/h17-32H,10-16,33-34H2,1-9H3/p+1. The van der Waals surface area contributed by atoms with Crippen molar-refractivity contribution in [3.8, 4) is 0 Å². The van der Waals surface area contributed by atoms with Crippen LogP contribution in [0.25, 0.3) is 0 Å². The predicted molar refractivity (Wildman–Crippen MR) is 245 cm³/mol. The summed E-state index contributed by atoms with van der Waals surface area (Å²) in [5.74, 6) is -2.17. The third kappa shape index (κ3) is 13.0. The molecular weight excluding hydrogens is 907 g/mol. The van der Waals surface area contributed by atoms with Crippen molar-refractivity contribution in [1.82, 2.24) is 0 Å². The van der Waals surface area contributed by atoms with E-state index in [-0.39, 0.29) is 40.8 Å². The summed E-state index contributed by atoms with van der Waals surface area (Å²) in [5, 5.41) is -4.97. The molecule has 336 valence electrons. The van der Waals surface area contributed by atoms with E-state index in [0.717, 1.165) is 40.4 Å². The van der Waals surface area contributed by atoms with E-state index in [9.17, 15) is 21.6 Å². The summed E-state index contributed by atoms with van der Waals surface area (Å²) < 4.78 is 100. The molecule has 8 nitrogen and oxygen atoms in total. The molecule has 0 fully saturated rings. The van der Waals surface area contributed by atoms with Crippen LogP contribution in [-0.2, 0) is 50.2 Å². The third-order valence-electron chi connectivity index (χ3n) is 10.3. The normalized spacial score (nSPS) is 13.6. The molecule has 0 spiro atoms.